The summed E-state index contributed by atoms with van der Waals surface area (Å²) in [6, 6.07) is 4.80. The van der Waals surface area contributed by atoms with E-state index < -0.39 is 5.41 Å². The number of hydrogen-bond acceptors (Lipinski definition) is 3. The number of carbonyl (C=O) groups is 2. The Morgan fingerprint density at radius 2 is 1.86 bits per heavy atom. The summed E-state index contributed by atoms with van der Waals surface area (Å²) >= 11 is 6.07. The van der Waals surface area contributed by atoms with Gasteiger partial charge in [0.15, 0.2) is 0 Å². The van der Waals surface area contributed by atoms with E-state index in [0.29, 0.717) is 29.1 Å². The fourth-order valence-electron chi connectivity index (χ4n) is 2.13. The lowest BCUT2D eigenvalue weighted by Gasteiger charge is -2.28. The van der Waals surface area contributed by atoms with Crippen LogP contribution >= 0.6 is 24.0 Å². The van der Waals surface area contributed by atoms with Crippen molar-refractivity contribution in [2.24, 2.45) is 11.1 Å². The van der Waals surface area contributed by atoms with E-state index in [9.17, 15) is 9.59 Å². The van der Waals surface area contributed by atoms with Gasteiger partial charge in [-0.2, -0.15) is 0 Å². The van der Waals surface area contributed by atoms with Crippen molar-refractivity contribution < 1.29 is 9.59 Å². The molecular weight excluding hydrogens is 325 g/mol. The highest BCUT2D eigenvalue weighted by Crippen LogP contribution is 2.28. The number of hydrogen-bond donors (Lipinski definition) is 3. The first-order valence-corrected chi connectivity index (χ1v) is 7.35. The Morgan fingerprint density at radius 1 is 1.27 bits per heavy atom. The molecule has 22 heavy (non-hydrogen) atoms. The van der Waals surface area contributed by atoms with Crippen LogP contribution in [0.2, 0.25) is 5.02 Å². The molecule has 1 rings (SSSR count). The van der Waals surface area contributed by atoms with E-state index in [-0.39, 0.29) is 30.8 Å². The fourth-order valence-corrected chi connectivity index (χ4v) is 2.39. The summed E-state index contributed by atoms with van der Waals surface area (Å²) in [4.78, 5) is 24.0. The van der Waals surface area contributed by atoms with Gasteiger partial charge in [0.05, 0.1) is 16.0 Å². The van der Waals surface area contributed by atoms with Crippen molar-refractivity contribution in [2.45, 2.75) is 26.7 Å². The molecule has 124 valence electrons. The third kappa shape index (κ3) is 4.35. The Morgan fingerprint density at radius 3 is 2.27 bits per heavy atom. The molecule has 0 unspecified atom stereocenters. The first-order valence-electron chi connectivity index (χ1n) is 6.97. The van der Waals surface area contributed by atoms with Crippen LogP contribution in [0.25, 0.3) is 0 Å². The van der Waals surface area contributed by atoms with Crippen LogP contribution in [-0.2, 0) is 4.79 Å². The van der Waals surface area contributed by atoms with Gasteiger partial charge in [-0.05, 0) is 31.0 Å². The summed E-state index contributed by atoms with van der Waals surface area (Å²) in [5, 5.41) is 5.62. The summed E-state index contributed by atoms with van der Waals surface area (Å²) in [6.45, 7) is 4.17. The normalized spacial score (nSPS) is 10.6. The van der Waals surface area contributed by atoms with E-state index in [4.69, 9.17) is 17.3 Å². The summed E-state index contributed by atoms with van der Waals surface area (Å²) in [6.07, 6.45) is 1.33. The zero-order valence-electron chi connectivity index (χ0n) is 13.0. The van der Waals surface area contributed by atoms with Gasteiger partial charge >= 0.3 is 0 Å². The molecule has 2 amide bonds. The molecule has 0 aliphatic rings. The van der Waals surface area contributed by atoms with Crippen LogP contribution in [0.1, 0.15) is 37.0 Å². The molecular formula is C15H23Cl2N3O2. The molecule has 1 aromatic carbocycles. The molecule has 0 saturated heterocycles. The van der Waals surface area contributed by atoms with Gasteiger partial charge in [0, 0.05) is 19.3 Å². The van der Waals surface area contributed by atoms with Gasteiger partial charge in [-0.25, -0.2) is 0 Å². The smallest absolute Gasteiger partial charge is 0.252 e. The SMILES string of the molecule is CCC(CC)(CN)C(=O)Nc1ccc(C(=O)NC)c(Cl)c1.Cl. The third-order valence-electron chi connectivity index (χ3n) is 3.92. The average Bonchev–Trinajstić information content (AvgIpc) is 2.49. The maximum atomic E-state index is 12.4. The van der Waals surface area contributed by atoms with Gasteiger partial charge in [0.1, 0.15) is 0 Å². The molecule has 4 N–H and O–H groups in total. The van der Waals surface area contributed by atoms with Crippen LogP contribution in [0.3, 0.4) is 0 Å². The van der Waals surface area contributed by atoms with E-state index >= 15 is 0 Å². The van der Waals surface area contributed by atoms with E-state index in [1.165, 1.54) is 7.05 Å². The highest BCUT2D eigenvalue weighted by atomic mass is 35.5. The van der Waals surface area contributed by atoms with Gasteiger partial charge in [-0.15, -0.1) is 12.4 Å². The van der Waals surface area contributed by atoms with Crippen molar-refractivity contribution in [1.29, 1.82) is 0 Å². The van der Waals surface area contributed by atoms with Crippen LogP contribution in [0.5, 0.6) is 0 Å². The topological polar surface area (TPSA) is 84.2 Å². The lowest BCUT2D eigenvalue weighted by atomic mass is 9.81. The molecule has 0 spiro atoms. The standard InChI is InChI=1S/C15H22ClN3O2.ClH/c1-4-15(5-2,9-17)14(21)19-10-6-7-11(12(16)8-10)13(20)18-3;/h6-8H,4-5,9,17H2,1-3H3,(H,18,20)(H,19,21);1H. The van der Waals surface area contributed by atoms with Gasteiger partial charge in [-0.3, -0.25) is 9.59 Å². The van der Waals surface area contributed by atoms with Crippen LogP contribution < -0.4 is 16.4 Å². The van der Waals surface area contributed by atoms with Crippen LogP contribution in [0, 0.1) is 5.41 Å². The minimum atomic E-state index is -0.577. The van der Waals surface area contributed by atoms with E-state index in [1.807, 2.05) is 13.8 Å². The Labute approximate surface area is 142 Å². The number of benzene rings is 1. The number of rotatable bonds is 6. The molecule has 5 nitrogen and oxygen atoms in total. The molecule has 0 saturated carbocycles. The minimum absolute atomic E-state index is 0. The number of nitrogens with one attached hydrogen (secondary N) is 2. The zero-order chi connectivity index (χ0) is 16.0. The van der Waals surface area contributed by atoms with Crippen LogP contribution in [0.4, 0.5) is 5.69 Å². The molecule has 0 heterocycles. The monoisotopic (exact) mass is 347 g/mol. The van der Waals surface area contributed by atoms with Crippen molar-refractivity contribution in [2.75, 3.05) is 18.9 Å². The third-order valence-corrected chi connectivity index (χ3v) is 4.24. The van der Waals surface area contributed by atoms with Crippen molar-refractivity contribution in [3.8, 4) is 0 Å². The second-order valence-electron chi connectivity index (χ2n) is 4.92. The summed E-state index contributed by atoms with van der Waals surface area (Å²) in [5.74, 6) is -0.393. The van der Waals surface area contributed by atoms with E-state index in [0.717, 1.165) is 0 Å². The molecule has 0 aliphatic heterocycles. The van der Waals surface area contributed by atoms with Crippen LogP contribution in [0.15, 0.2) is 18.2 Å². The highest BCUT2D eigenvalue weighted by molar-refractivity contribution is 6.34. The quantitative estimate of drug-likeness (QED) is 0.739. The Hall–Kier alpha value is -1.30. The van der Waals surface area contributed by atoms with Crippen LogP contribution in [-0.4, -0.2) is 25.4 Å². The van der Waals surface area contributed by atoms with Crippen molar-refractivity contribution in [1.82, 2.24) is 5.32 Å². The maximum absolute atomic E-state index is 12.4. The Kier molecular flexibility index (Phi) is 8.45. The molecule has 0 atom stereocenters. The van der Waals surface area contributed by atoms with Crippen molar-refractivity contribution >= 4 is 41.5 Å². The minimum Gasteiger partial charge on any atom is -0.355 e. The van der Waals surface area contributed by atoms with Gasteiger partial charge in [0.2, 0.25) is 5.91 Å². The molecule has 0 aliphatic carbocycles. The maximum Gasteiger partial charge on any atom is 0.252 e. The zero-order valence-corrected chi connectivity index (χ0v) is 14.6. The largest absolute Gasteiger partial charge is 0.355 e. The highest BCUT2D eigenvalue weighted by Gasteiger charge is 2.33. The second kappa shape index (κ2) is 8.98. The summed E-state index contributed by atoms with van der Waals surface area (Å²) in [5.41, 5.74) is 6.10. The van der Waals surface area contributed by atoms with E-state index in [2.05, 4.69) is 10.6 Å². The Bertz CT molecular complexity index is 523. The van der Waals surface area contributed by atoms with Crippen molar-refractivity contribution in [3.63, 3.8) is 0 Å². The second-order valence-corrected chi connectivity index (χ2v) is 5.33. The summed E-state index contributed by atoms with van der Waals surface area (Å²) in [7, 11) is 1.53. The number of amides is 2. The first-order chi connectivity index (χ1) is 9.93. The molecule has 7 heteroatoms. The molecule has 0 fully saturated rings. The predicted molar refractivity (Wildman–Crippen MR) is 92.8 cm³/mol. The molecule has 1 aromatic rings. The number of halogens is 2. The van der Waals surface area contributed by atoms with Gasteiger partial charge in [-0.1, -0.05) is 25.4 Å². The number of anilines is 1. The molecule has 0 bridgehead atoms. The fraction of sp³-hybridized carbons (Fsp3) is 0.467. The lowest BCUT2D eigenvalue weighted by Crippen LogP contribution is -2.41. The Balaban J connectivity index is 0.00000441. The van der Waals surface area contributed by atoms with Crippen molar-refractivity contribution in [3.05, 3.63) is 28.8 Å². The van der Waals surface area contributed by atoms with Gasteiger partial charge < -0.3 is 16.4 Å². The number of carbonyl (C=O) groups excluding carboxylic acids is 2. The average molecular weight is 348 g/mol. The molecule has 0 radical (unpaired) electrons. The lowest BCUT2D eigenvalue weighted by molar-refractivity contribution is -0.125. The van der Waals surface area contributed by atoms with E-state index in [1.54, 1.807) is 18.2 Å². The predicted octanol–water partition coefficient (Wildman–Crippen LogP) is 2.83. The molecule has 0 aromatic heterocycles. The summed E-state index contributed by atoms with van der Waals surface area (Å²) < 4.78 is 0. The number of nitrogens with two attached hydrogens (primary N) is 1. The first kappa shape index (κ1) is 20.7. The van der Waals surface area contributed by atoms with Gasteiger partial charge in [0.25, 0.3) is 5.91 Å².